The van der Waals surface area contributed by atoms with Crippen molar-refractivity contribution in [2.75, 3.05) is 10.6 Å². The Kier molecular flexibility index (Phi) is 3.98. The van der Waals surface area contributed by atoms with E-state index in [9.17, 15) is 14.0 Å². The molecule has 0 aliphatic carbocycles. The zero-order valence-electron chi connectivity index (χ0n) is 13.1. The topological polar surface area (TPSA) is 104 Å². The number of amides is 2. The highest BCUT2D eigenvalue weighted by molar-refractivity contribution is 6.00. The standard InChI is InChI=1S/C15H15FN6O2/c1-3-10-12(13(23)22-14(18-10)17-8(2)21-22)20-15(24)19-11-7-5-4-6-9(11)16/h4-7H,3H2,1-2H3,(H,17,18,21)(H2,19,20,24). The molecule has 9 heteroatoms. The first-order valence-corrected chi connectivity index (χ1v) is 7.30. The number of nitrogens with one attached hydrogen (secondary N) is 3. The summed E-state index contributed by atoms with van der Waals surface area (Å²) in [4.78, 5) is 33.0. The van der Waals surface area contributed by atoms with Crippen LogP contribution in [0.2, 0.25) is 0 Å². The lowest BCUT2D eigenvalue weighted by Crippen LogP contribution is -2.28. The third kappa shape index (κ3) is 2.83. The van der Waals surface area contributed by atoms with Crippen molar-refractivity contribution in [2.45, 2.75) is 20.3 Å². The summed E-state index contributed by atoms with van der Waals surface area (Å²) in [5, 5.41) is 7.56. The summed E-state index contributed by atoms with van der Waals surface area (Å²) in [6.45, 7) is 3.50. The van der Waals surface area contributed by atoms with Crippen LogP contribution in [0.4, 0.5) is 20.6 Å². The number of carbonyl (C=O) groups is 1. The van der Waals surface area contributed by atoms with Gasteiger partial charge in [-0.3, -0.25) is 9.89 Å². The van der Waals surface area contributed by atoms with E-state index >= 15 is 0 Å². The number of aromatic amines is 1. The van der Waals surface area contributed by atoms with E-state index in [1.165, 1.54) is 18.2 Å². The summed E-state index contributed by atoms with van der Waals surface area (Å²) in [6.07, 6.45) is 0.424. The fraction of sp³-hybridized carbons (Fsp3) is 0.200. The van der Waals surface area contributed by atoms with Gasteiger partial charge in [-0.05, 0) is 25.5 Å². The van der Waals surface area contributed by atoms with Crippen LogP contribution in [0.15, 0.2) is 29.1 Å². The molecule has 0 atom stereocenters. The smallest absolute Gasteiger partial charge is 0.305 e. The maximum absolute atomic E-state index is 13.6. The van der Waals surface area contributed by atoms with Gasteiger partial charge in [-0.1, -0.05) is 19.1 Å². The van der Waals surface area contributed by atoms with E-state index in [-0.39, 0.29) is 17.2 Å². The Balaban J connectivity index is 1.94. The number of fused-ring (bicyclic) bond motifs is 1. The molecule has 3 rings (SSSR count). The largest absolute Gasteiger partial charge is 0.323 e. The Morgan fingerprint density at radius 1 is 1.29 bits per heavy atom. The number of para-hydroxylation sites is 1. The number of aryl methyl sites for hydroxylation is 2. The third-order valence-corrected chi connectivity index (χ3v) is 3.38. The van der Waals surface area contributed by atoms with Crippen LogP contribution in [0.1, 0.15) is 18.4 Å². The fourth-order valence-electron chi connectivity index (χ4n) is 2.28. The van der Waals surface area contributed by atoms with Gasteiger partial charge in [0.05, 0.1) is 11.4 Å². The predicted octanol–water partition coefficient (Wildman–Crippen LogP) is 2.07. The Labute approximate surface area is 135 Å². The first kappa shape index (κ1) is 15.7. The fourth-order valence-corrected chi connectivity index (χ4v) is 2.28. The van der Waals surface area contributed by atoms with Crippen molar-refractivity contribution in [3.63, 3.8) is 0 Å². The Bertz CT molecular complexity index is 978. The van der Waals surface area contributed by atoms with Crippen LogP contribution >= 0.6 is 0 Å². The first-order chi connectivity index (χ1) is 11.5. The number of rotatable bonds is 3. The highest BCUT2D eigenvalue weighted by Gasteiger charge is 2.16. The summed E-state index contributed by atoms with van der Waals surface area (Å²) >= 11 is 0. The van der Waals surface area contributed by atoms with Crippen LogP contribution in [0.3, 0.4) is 0 Å². The number of hydrogen-bond acceptors (Lipinski definition) is 4. The Morgan fingerprint density at radius 3 is 2.75 bits per heavy atom. The molecule has 0 fully saturated rings. The van der Waals surface area contributed by atoms with Crippen molar-refractivity contribution >= 4 is 23.2 Å². The lowest BCUT2D eigenvalue weighted by Gasteiger charge is -2.10. The number of benzene rings is 1. The molecule has 0 unspecified atom stereocenters. The van der Waals surface area contributed by atoms with Crippen molar-refractivity contribution in [2.24, 2.45) is 0 Å². The van der Waals surface area contributed by atoms with Gasteiger partial charge in [0.15, 0.2) is 0 Å². The molecule has 2 heterocycles. The van der Waals surface area contributed by atoms with E-state index in [0.717, 1.165) is 4.52 Å². The van der Waals surface area contributed by atoms with Gasteiger partial charge in [-0.15, -0.1) is 0 Å². The Hall–Kier alpha value is -3.23. The van der Waals surface area contributed by atoms with Crippen molar-refractivity contribution < 1.29 is 9.18 Å². The molecule has 0 aliphatic rings. The summed E-state index contributed by atoms with van der Waals surface area (Å²) in [6, 6.07) is 5.01. The van der Waals surface area contributed by atoms with Gasteiger partial charge in [-0.25, -0.2) is 14.2 Å². The molecule has 2 aromatic heterocycles. The summed E-state index contributed by atoms with van der Waals surface area (Å²) in [5.74, 6) is 0.182. The maximum atomic E-state index is 13.6. The molecule has 3 aromatic rings. The predicted molar refractivity (Wildman–Crippen MR) is 86.8 cm³/mol. The average molecular weight is 330 g/mol. The number of carbonyl (C=O) groups excluding carboxylic acids is 1. The zero-order valence-corrected chi connectivity index (χ0v) is 13.1. The van der Waals surface area contributed by atoms with Crippen molar-refractivity contribution in [1.29, 1.82) is 0 Å². The maximum Gasteiger partial charge on any atom is 0.323 e. The van der Waals surface area contributed by atoms with E-state index in [2.05, 4.69) is 25.7 Å². The van der Waals surface area contributed by atoms with E-state index in [0.29, 0.717) is 17.9 Å². The van der Waals surface area contributed by atoms with Gasteiger partial charge in [-0.2, -0.15) is 9.50 Å². The minimum absolute atomic E-state index is 0.0135. The molecule has 0 aliphatic heterocycles. The van der Waals surface area contributed by atoms with Gasteiger partial charge >= 0.3 is 6.03 Å². The molecule has 124 valence electrons. The van der Waals surface area contributed by atoms with Gasteiger partial charge in [0.2, 0.25) is 0 Å². The molecule has 0 spiro atoms. The zero-order chi connectivity index (χ0) is 17.3. The minimum atomic E-state index is -0.732. The molecular formula is C15H15FN6O2. The molecule has 2 amide bonds. The van der Waals surface area contributed by atoms with E-state index in [1.54, 1.807) is 19.9 Å². The van der Waals surface area contributed by atoms with Crippen LogP contribution in [0, 0.1) is 12.7 Å². The lowest BCUT2D eigenvalue weighted by atomic mass is 10.2. The van der Waals surface area contributed by atoms with Crippen molar-refractivity contribution in [3.05, 3.63) is 52.0 Å². The van der Waals surface area contributed by atoms with E-state index < -0.39 is 17.4 Å². The van der Waals surface area contributed by atoms with E-state index in [4.69, 9.17) is 0 Å². The SMILES string of the molecule is CCc1nc2nc(C)[nH]n2c(=O)c1NC(=O)Nc1ccccc1F. The van der Waals surface area contributed by atoms with Gasteiger partial charge in [0.25, 0.3) is 11.3 Å². The molecule has 0 bridgehead atoms. The number of halogens is 1. The summed E-state index contributed by atoms with van der Waals surface area (Å²) in [5.41, 5.74) is -0.0524. The van der Waals surface area contributed by atoms with Gasteiger partial charge < -0.3 is 10.6 Å². The number of hydrogen-bond donors (Lipinski definition) is 3. The second-order valence-electron chi connectivity index (χ2n) is 5.10. The Morgan fingerprint density at radius 2 is 2.04 bits per heavy atom. The third-order valence-electron chi connectivity index (χ3n) is 3.38. The molecule has 0 saturated heterocycles. The number of H-pyrrole nitrogens is 1. The molecule has 0 saturated carbocycles. The monoisotopic (exact) mass is 330 g/mol. The first-order valence-electron chi connectivity index (χ1n) is 7.30. The van der Waals surface area contributed by atoms with E-state index in [1.807, 2.05) is 0 Å². The molecule has 3 N–H and O–H groups in total. The van der Waals surface area contributed by atoms with Gasteiger partial charge in [0, 0.05) is 0 Å². The van der Waals surface area contributed by atoms with Crippen LogP contribution in [0.5, 0.6) is 0 Å². The highest BCUT2D eigenvalue weighted by Crippen LogP contribution is 2.14. The van der Waals surface area contributed by atoms with Crippen LogP contribution < -0.4 is 16.2 Å². The second kappa shape index (κ2) is 6.11. The molecule has 24 heavy (non-hydrogen) atoms. The lowest BCUT2D eigenvalue weighted by molar-refractivity contribution is 0.262. The van der Waals surface area contributed by atoms with Crippen LogP contribution in [-0.2, 0) is 6.42 Å². The normalized spacial score (nSPS) is 10.8. The quantitative estimate of drug-likeness (QED) is 0.684. The van der Waals surface area contributed by atoms with Crippen molar-refractivity contribution in [1.82, 2.24) is 19.6 Å². The number of anilines is 2. The highest BCUT2D eigenvalue weighted by atomic mass is 19.1. The number of urea groups is 1. The van der Waals surface area contributed by atoms with Crippen LogP contribution in [0.25, 0.3) is 5.78 Å². The van der Waals surface area contributed by atoms with Crippen molar-refractivity contribution in [3.8, 4) is 0 Å². The minimum Gasteiger partial charge on any atom is -0.305 e. The van der Waals surface area contributed by atoms with Crippen LogP contribution in [-0.4, -0.2) is 25.6 Å². The summed E-state index contributed by atoms with van der Waals surface area (Å²) < 4.78 is 14.7. The van der Waals surface area contributed by atoms with Gasteiger partial charge in [0.1, 0.15) is 17.3 Å². The second-order valence-corrected chi connectivity index (χ2v) is 5.10. The molecule has 0 radical (unpaired) electrons. The number of nitrogens with zero attached hydrogens (tertiary/aromatic N) is 3. The molecule has 1 aromatic carbocycles. The molecular weight excluding hydrogens is 315 g/mol. The number of aromatic nitrogens is 4. The average Bonchev–Trinajstić information content (AvgIpc) is 2.93. The summed E-state index contributed by atoms with van der Waals surface area (Å²) in [7, 11) is 0. The molecule has 8 nitrogen and oxygen atoms in total.